The van der Waals surface area contributed by atoms with Gasteiger partial charge in [0.05, 0.1) is 12.8 Å². The minimum Gasteiger partial charge on any atom is -0.497 e. The predicted octanol–water partition coefficient (Wildman–Crippen LogP) is 3.58. The number of halogens is 1. The van der Waals surface area contributed by atoms with E-state index in [9.17, 15) is 4.79 Å². The highest BCUT2D eigenvalue weighted by Crippen LogP contribution is 2.26. The highest BCUT2D eigenvalue weighted by atomic mass is 79.9. The summed E-state index contributed by atoms with van der Waals surface area (Å²) in [5, 5.41) is 5.81. The van der Waals surface area contributed by atoms with Crippen LogP contribution in [-0.2, 0) is 0 Å². The Bertz CT molecular complexity index is 662. The van der Waals surface area contributed by atoms with Crippen LogP contribution in [0.4, 0.5) is 5.69 Å². The van der Waals surface area contributed by atoms with Crippen LogP contribution >= 0.6 is 28.1 Å². The first kappa shape index (κ1) is 15.5. The molecular weight excluding hydrogens is 352 g/mol. The van der Waals surface area contributed by atoms with Crippen molar-refractivity contribution in [1.29, 1.82) is 0 Å². The molecule has 0 aliphatic heterocycles. The Morgan fingerprint density at radius 3 is 2.57 bits per heavy atom. The number of anilines is 1. The van der Waals surface area contributed by atoms with Crippen molar-refractivity contribution in [2.45, 2.75) is 0 Å². The third-order valence-corrected chi connectivity index (χ3v) is 3.58. The molecule has 0 aliphatic rings. The molecule has 0 saturated heterocycles. The minimum absolute atomic E-state index is 0.220. The second-order valence-corrected chi connectivity index (χ2v) is 5.38. The van der Waals surface area contributed by atoms with Crippen LogP contribution in [0.15, 0.2) is 53.0 Å². The Morgan fingerprint density at radius 1 is 1.19 bits per heavy atom. The van der Waals surface area contributed by atoms with E-state index in [-0.39, 0.29) is 11.0 Å². The van der Waals surface area contributed by atoms with Crippen LogP contribution in [0, 0.1) is 0 Å². The van der Waals surface area contributed by atoms with Crippen LogP contribution in [0.2, 0.25) is 0 Å². The highest BCUT2D eigenvalue weighted by Gasteiger charge is 2.09. The number of rotatable bonds is 3. The molecule has 0 bridgehead atoms. The van der Waals surface area contributed by atoms with E-state index in [0.29, 0.717) is 17.0 Å². The lowest BCUT2D eigenvalue weighted by Gasteiger charge is -2.12. The molecule has 2 rings (SSSR count). The second kappa shape index (κ2) is 7.19. The zero-order valence-corrected chi connectivity index (χ0v) is 13.6. The Morgan fingerprint density at radius 2 is 1.90 bits per heavy atom. The molecule has 0 radical (unpaired) electrons. The van der Waals surface area contributed by atoms with Crippen LogP contribution in [0.3, 0.4) is 0 Å². The number of methoxy groups -OCH3 is 1. The third kappa shape index (κ3) is 4.27. The van der Waals surface area contributed by atoms with E-state index < -0.39 is 0 Å². The molecule has 4 nitrogen and oxygen atoms in total. The van der Waals surface area contributed by atoms with Gasteiger partial charge in [0, 0.05) is 16.1 Å². The van der Waals surface area contributed by atoms with E-state index in [1.54, 1.807) is 37.4 Å². The van der Waals surface area contributed by atoms with Crippen LogP contribution in [0.25, 0.3) is 0 Å². The quantitative estimate of drug-likeness (QED) is 0.817. The van der Waals surface area contributed by atoms with Crippen molar-refractivity contribution in [2.75, 3.05) is 12.4 Å². The number of carbonyl (C=O) groups is 1. The average molecular weight is 365 g/mol. The lowest BCUT2D eigenvalue weighted by atomic mass is 10.2. The summed E-state index contributed by atoms with van der Waals surface area (Å²) in [5.74, 6) is 0.435. The number of amides is 1. The summed E-state index contributed by atoms with van der Waals surface area (Å²) in [5.41, 5.74) is 1.26. The molecule has 0 atom stereocenters. The van der Waals surface area contributed by atoms with Gasteiger partial charge < -0.3 is 10.1 Å². The predicted molar refractivity (Wildman–Crippen MR) is 90.8 cm³/mol. The molecule has 0 fully saturated rings. The summed E-state index contributed by atoms with van der Waals surface area (Å²) in [6.45, 7) is 0. The van der Waals surface area contributed by atoms with Crippen molar-refractivity contribution < 1.29 is 9.53 Å². The van der Waals surface area contributed by atoms with E-state index >= 15 is 0 Å². The van der Waals surface area contributed by atoms with Crippen molar-refractivity contribution in [3.8, 4) is 5.75 Å². The number of ether oxygens (including phenoxy) is 1. The molecule has 0 aliphatic carbocycles. The van der Waals surface area contributed by atoms with Gasteiger partial charge in [-0.2, -0.15) is 0 Å². The maximum atomic E-state index is 12.0. The molecule has 0 aromatic heterocycles. The zero-order chi connectivity index (χ0) is 15.2. The summed E-state index contributed by atoms with van der Waals surface area (Å²) < 4.78 is 5.97. The smallest absolute Gasteiger partial charge is 0.257 e. The molecule has 108 valence electrons. The molecule has 0 saturated carbocycles. The summed E-state index contributed by atoms with van der Waals surface area (Å²) in [4.78, 5) is 12.0. The fraction of sp³-hybridized carbons (Fsp3) is 0.0667. The first-order valence-corrected chi connectivity index (χ1v) is 7.31. The van der Waals surface area contributed by atoms with Gasteiger partial charge in [0.1, 0.15) is 5.75 Å². The summed E-state index contributed by atoms with van der Waals surface area (Å²) >= 11 is 8.56. The molecule has 2 aromatic carbocycles. The van der Waals surface area contributed by atoms with Gasteiger partial charge in [-0.25, -0.2) is 0 Å². The van der Waals surface area contributed by atoms with Crippen molar-refractivity contribution >= 4 is 44.9 Å². The van der Waals surface area contributed by atoms with Gasteiger partial charge >= 0.3 is 0 Å². The zero-order valence-electron chi connectivity index (χ0n) is 11.2. The molecular formula is C15H13BrN2O2S. The molecule has 6 heteroatoms. The number of nitrogens with one attached hydrogen (secondary N) is 2. The molecule has 2 N–H and O–H groups in total. The van der Waals surface area contributed by atoms with Crippen molar-refractivity contribution in [2.24, 2.45) is 0 Å². The summed E-state index contributed by atoms with van der Waals surface area (Å²) in [6, 6.07) is 14.3. The van der Waals surface area contributed by atoms with Crippen LogP contribution < -0.4 is 15.4 Å². The van der Waals surface area contributed by atoms with Crippen LogP contribution in [0.1, 0.15) is 10.4 Å². The maximum absolute atomic E-state index is 12.0. The van der Waals surface area contributed by atoms with E-state index in [0.717, 1.165) is 4.47 Å². The SMILES string of the molecule is COc1ccc(Br)c(NC(=S)NC(=O)c2ccccc2)c1. The normalized spacial score (nSPS) is 9.81. The molecule has 0 spiro atoms. The highest BCUT2D eigenvalue weighted by molar-refractivity contribution is 9.10. The number of hydrogen-bond donors (Lipinski definition) is 2. The first-order chi connectivity index (χ1) is 10.1. The maximum Gasteiger partial charge on any atom is 0.257 e. The fourth-order valence-corrected chi connectivity index (χ4v) is 2.19. The Balaban J connectivity index is 2.04. The lowest BCUT2D eigenvalue weighted by Crippen LogP contribution is -2.34. The number of carbonyl (C=O) groups excluding carboxylic acids is 1. The topological polar surface area (TPSA) is 50.4 Å². The van der Waals surface area contributed by atoms with Crippen molar-refractivity contribution in [3.63, 3.8) is 0 Å². The number of benzene rings is 2. The summed E-state index contributed by atoms with van der Waals surface area (Å²) in [7, 11) is 1.59. The monoisotopic (exact) mass is 364 g/mol. The van der Waals surface area contributed by atoms with Gasteiger partial charge in [-0.05, 0) is 52.4 Å². The van der Waals surface area contributed by atoms with Gasteiger partial charge in [-0.1, -0.05) is 18.2 Å². The molecule has 0 unspecified atom stereocenters. The molecule has 0 heterocycles. The number of thiocarbonyl (C=S) groups is 1. The van der Waals surface area contributed by atoms with Gasteiger partial charge in [0.2, 0.25) is 0 Å². The fourth-order valence-electron chi connectivity index (χ4n) is 1.65. The Hall–Kier alpha value is -1.92. The van der Waals surface area contributed by atoms with Gasteiger partial charge in [-0.3, -0.25) is 10.1 Å². The van der Waals surface area contributed by atoms with Gasteiger partial charge in [0.25, 0.3) is 5.91 Å². The average Bonchev–Trinajstić information content (AvgIpc) is 2.50. The lowest BCUT2D eigenvalue weighted by molar-refractivity contribution is 0.0978. The largest absolute Gasteiger partial charge is 0.497 e. The third-order valence-electron chi connectivity index (χ3n) is 2.68. The second-order valence-electron chi connectivity index (χ2n) is 4.12. The van der Waals surface area contributed by atoms with E-state index in [1.807, 2.05) is 18.2 Å². The molecule has 21 heavy (non-hydrogen) atoms. The van der Waals surface area contributed by atoms with Crippen molar-refractivity contribution in [3.05, 3.63) is 58.6 Å². The molecule has 2 aromatic rings. The van der Waals surface area contributed by atoms with Crippen molar-refractivity contribution in [1.82, 2.24) is 5.32 Å². The minimum atomic E-state index is -0.257. The van der Waals surface area contributed by atoms with Gasteiger partial charge in [0.15, 0.2) is 5.11 Å². The number of hydrogen-bond acceptors (Lipinski definition) is 3. The van der Waals surface area contributed by atoms with Crippen LogP contribution in [0.5, 0.6) is 5.75 Å². The van der Waals surface area contributed by atoms with Crippen LogP contribution in [-0.4, -0.2) is 18.1 Å². The van der Waals surface area contributed by atoms with E-state index in [4.69, 9.17) is 17.0 Å². The Kier molecular flexibility index (Phi) is 5.30. The van der Waals surface area contributed by atoms with E-state index in [2.05, 4.69) is 26.6 Å². The Labute approximate surface area is 136 Å². The van der Waals surface area contributed by atoms with Gasteiger partial charge in [-0.15, -0.1) is 0 Å². The first-order valence-electron chi connectivity index (χ1n) is 6.11. The summed E-state index contributed by atoms with van der Waals surface area (Å²) in [6.07, 6.45) is 0. The molecule has 1 amide bonds. The standard InChI is InChI=1S/C15H13BrN2O2S/c1-20-11-7-8-12(16)13(9-11)17-15(21)18-14(19)10-5-3-2-4-6-10/h2-9H,1H3,(H2,17,18,19,21). The van der Waals surface area contributed by atoms with E-state index in [1.165, 1.54) is 0 Å².